The SMILES string of the molecule is O=C(/C=C/c1cccc(Cl)c1)NCC(=O)NCc1ccco1. The number of hydrogen-bond acceptors (Lipinski definition) is 3. The molecule has 0 saturated carbocycles. The van der Waals surface area contributed by atoms with Crippen molar-refractivity contribution in [3.8, 4) is 0 Å². The minimum Gasteiger partial charge on any atom is -0.467 e. The summed E-state index contributed by atoms with van der Waals surface area (Å²) in [5.41, 5.74) is 0.810. The predicted molar refractivity (Wildman–Crippen MR) is 84.1 cm³/mol. The summed E-state index contributed by atoms with van der Waals surface area (Å²) in [6, 6.07) is 10.6. The van der Waals surface area contributed by atoms with E-state index in [-0.39, 0.29) is 18.4 Å². The zero-order valence-corrected chi connectivity index (χ0v) is 12.5. The van der Waals surface area contributed by atoms with Crippen molar-refractivity contribution in [1.82, 2.24) is 10.6 Å². The van der Waals surface area contributed by atoms with Crippen LogP contribution in [0.15, 0.2) is 53.2 Å². The molecule has 2 amide bonds. The van der Waals surface area contributed by atoms with Crippen LogP contribution in [0.5, 0.6) is 0 Å². The third-order valence-corrected chi connectivity index (χ3v) is 2.97. The van der Waals surface area contributed by atoms with Gasteiger partial charge in [0.2, 0.25) is 11.8 Å². The van der Waals surface area contributed by atoms with E-state index in [9.17, 15) is 9.59 Å². The first-order valence-corrected chi connectivity index (χ1v) is 7.02. The number of hydrogen-bond donors (Lipinski definition) is 2. The van der Waals surface area contributed by atoms with E-state index in [1.807, 2.05) is 6.07 Å². The second kappa shape index (κ2) is 8.05. The number of amides is 2. The Morgan fingerprint density at radius 1 is 1.18 bits per heavy atom. The Bertz CT molecular complexity index is 666. The van der Waals surface area contributed by atoms with Crippen LogP contribution < -0.4 is 10.6 Å². The summed E-state index contributed by atoms with van der Waals surface area (Å²) in [7, 11) is 0. The number of nitrogens with one attached hydrogen (secondary N) is 2. The Kier molecular flexibility index (Phi) is 5.80. The van der Waals surface area contributed by atoms with Gasteiger partial charge in [0, 0.05) is 11.1 Å². The maximum atomic E-state index is 11.6. The van der Waals surface area contributed by atoms with Crippen molar-refractivity contribution >= 4 is 29.5 Å². The summed E-state index contributed by atoms with van der Waals surface area (Å²) < 4.78 is 5.08. The molecule has 6 heteroatoms. The largest absolute Gasteiger partial charge is 0.467 e. The number of halogens is 1. The van der Waals surface area contributed by atoms with E-state index >= 15 is 0 Å². The standard InChI is InChI=1S/C16H15ClN2O3/c17-13-4-1-3-12(9-13)6-7-15(20)19-11-16(21)18-10-14-5-2-8-22-14/h1-9H,10-11H2,(H,18,21)(H,19,20)/b7-6+. The van der Waals surface area contributed by atoms with Crippen LogP contribution in [0.1, 0.15) is 11.3 Å². The van der Waals surface area contributed by atoms with Crippen LogP contribution in [-0.4, -0.2) is 18.4 Å². The van der Waals surface area contributed by atoms with Gasteiger partial charge >= 0.3 is 0 Å². The van der Waals surface area contributed by atoms with Gasteiger partial charge in [0.05, 0.1) is 19.4 Å². The third kappa shape index (κ3) is 5.46. The molecule has 1 heterocycles. The Labute approximate surface area is 133 Å². The molecule has 2 aromatic rings. The summed E-state index contributed by atoms with van der Waals surface area (Å²) in [6.07, 6.45) is 4.51. The minimum absolute atomic E-state index is 0.0978. The van der Waals surface area contributed by atoms with Crippen LogP contribution in [0.25, 0.3) is 6.08 Å². The molecule has 0 bridgehead atoms. The number of carbonyl (C=O) groups is 2. The Hall–Kier alpha value is -2.53. The van der Waals surface area contributed by atoms with Gasteiger partial charge in [0.15, 0.2) is 0 Å². The van der Waals surface area contributed by atoms with E-state index in [0.29, 0.717) is 17.3 Å². The predicted octanol–water partition coefficient (Wildman–Crippen LogP) is 2.38. The van der Waals surface area contributed by atoms with Crippen LogP contribution >= 0.6 is 11.6 Å². The van der Waals surface area contributed by atoms with E-state index in [2.05, 4.69) is 10.6 Å². The highest BCUT2D eigenvalue weighted by Crippen LogP contribution is 2.11. The summed E-state index contributed by atoms with van der Waals surface area (Å²) in [5, 5.41) is 5.73. The number of furan rings is 1. The Morgan fingerprint density at radius 3 is 2.77 bits per heavy atom. The van der Waals surface area contributed by atoms with Gasteiger partial charge in [-0.1, -0.05) is 23.7 Å². The molecule has 2 N–H and O–H groups in total. The van der Waals surface area contributed by atoms with Gasteiger partial charge in [-0.05, 0) is 35.9 Å². The van der Waals surface area contributed by atoms with E-state index in [1.165, 1.54) is 12.3 Å². The highest BCUT2D eigenvalue weighted by Gasteiger charge is 2.04. The van der Waals surface area contributed by atoms with Crippen molar-refractivity contribution in [3.63, 3.8) is 0 Å². The van der Waals surface area contributed by atoms with Gasteiger partial charge in [-0.3, -0.25) is 9.59 Å². The van der Waals surface area contributed by atoms with Gasteiger partial charge in [-0.2, -0.15) is 0 Å². The van der Waals surface area contributed by atoms with Crippen LogP contribution in [-0.2, 0) is 16.1 Å². The van der Waals surface area contributed by atoms with Crippen molar-refractivity contribution in [1.29, 1.82) is 0 Å². The molecule has 0 radical (unpaired) electrons. The van der Waals surface area contributed by atoms with Gasteiger partial charge in [0.25, 0.3) is 0 Å². The lowest BCUT2D eigenvalue weighted by Gasteiger charge is -2.03. The lowest BCUT2D eigenvalue weighted by atomic mass is 10.2. The van der Waals surface area contributed by atoms with Crippen LogP contribution in [0.4, 0.5) is 0 Å². The topological polar surface area (TPSA) is 71.3 Å². The normalized spacial score (nSPS) is 10.6. The molecule has 0 atom stereocenters. The van der Waals surface area contributed by atoms with E-state index < -0.39 is 0 Å². The summed E-state index contributed by atoms with van der Waals surface area (Å²) in [5.74, 6) is 0.00885. The fraction of sp³-hybridized carbons (Fsp3) is 0.125. The maximum Gasteiger partial charge on any atom is 0.244 e. The first-order valence-electron chi connectivity index (χ1n) is 6.64. The van der Waals surface area contributed by atoms with E-state index in [0.717, 1.165) is 5.56 Å². The average molecular weight is 319 g/mol. The molecular formula is C16H15ClN2O3. The summed E-state index contributed by atoms with van der Waals surface area (Å²) in [6.45, 7) is 0.194. The molecule has 1 aromatic carbocycles. The summed E-state index contributed by atoms with van der Waals surface area (Å²) in [4.78, 5) is 23.2. The van der Waals surface area contributed by atoms with Gasteiger partial charge in [-0.15, -0.1) is 0 Å². The van der Waals surface area contributed by atoms with Crippen molar-refractivity contribution in [2.75, 3.05) is 6.54 Å². The maximum absolute atomic E-state index is 11.6. The van der Waals surface area contributed by atoms with E-state index in [1.54, 1.807) is 36.4 Å². The van der Waals surface area contributed by atoms with Crippen molar-refractivity contribution in [3.05, 3.63) is 65.1 Å². The van der Waals surface area contributed by atoms with Crippen molar-refractivity contribution < 1.29 is 14.0 Å². The molecule has 5 nitrogen and oxygen atoms in total. The number of benzene rings is 1. The monoisotopic (exact) mass is 318 g/mol. The smallest absolute Gasteiger partial charge is 0.244 e. The third-order valence-electron chi connectivity index (χ3n) is 2.74. The molecule has 0 fully saturated rings. The highest BCUT2D eigenvalue weighted by atomic mass is 35.5. The second-order valence-electron chi connectivity index (χ2n) is 4.46. The minimum atomic E-state index is -0.354. The molecule has 0 unspecified atom stereocenters. The highest BCUT2D eigenvalue weighted by molar-refractivity contribution is 6.30. The first kappa shape index (κ1) is 15.9. The van der Waals surface area contributed by atoms with E-state index in [4.69, 9.17) is 16.0 Å². The average Bonchev–Trinajstić information content (AvgIpc) is 3.02. The van der Waals surface area contributed by atoms with Gasteiger partial charge in [0.1, 0.15) is 5.76 Å². The zero-order valence-electron chi connectivity index (χ0n) is 11.7. The van der Waals surface area contributed by atoms with Crippen molar-refractivity contribution in [2.24, 2.45) is 0 Å². The van der Waals surface area contributed by atoms with Crippen LogP contribution in [0.2, 0.25) is 5.02 Å². The van der Waals surface area contributed by atoms with Gasteiger partial charge < -0.3 is 15.1 Å². The lowest BCUT2D eigenvalue weighted by Crippen LogP contribution is -2.35. The molecule has 0 spiro atoms. The molecule has 0 saturated heterocycles. The number of rotatable bonds is 6. The molecular weight excluding hydrogens is 304 g/mol. The molecule has 2 rings (SSSR count). The van der Waals surface area contributed by atoms with Crippen LogP contribution in [0.3, 0.4) is 0 Å². The molecule has 114 valence electrons. The summed E-state index contributed by atoms with van der Waals surface area (Å²) >= 11 is 5.84. The Morgan fingerprint density at radius 2 is 2.05 bits per heavy atom. The van der Waals surface area contributed by atoms with Crippen LogP contribution in [0, 0.1) is 0 Å². The lowest BCUT2D eigenvalue weighted by molar-refractivity contribution is -0.124. The number of carbonyl (C=O) groups excluding carboxylic acids is 2. The van der Waals surface area contributed by atoms with Crippen molar-refractivity contribution in [2.45, 2.75) is 6.54 Å². The fourth-order valence-corrected chi connectivity index (χ4v) is 1.87. The quantitative estimate of drug-likeness (QED) is 0.803. The molecule has 1 aromatic heterocycles. The zero-order chi connectivity index (χ0) is 15.8. The fourth-order valence-electron chi connectivity index (χ4n) is 1.67. The second-order valence-corrected chi connectivity index (χ2v) is 4.90. The Balaban J connectivity index is 1.71. The molecule has 0 aliphatic rings. The first-order chi connectivity index (χ1) is 10.6. The van der Waals surface area contributed by atoms with Gasteiger partial charge in [-0.25, -0.2) is 0 Å². The molecule has 0 aliphatic carbocycles. The molecule has 22 heavy (non-hydrogen) atoms. The molecule has 0 aliphatic heterocycles.